The molecule has 0 fully saturated rings. The van der Waals surface area contributed by atoms with E-state index in [0.29, 0.717) is 0 Å². The van der Waals surface area contributed by atoms with Gasteiger partial charge in [0.05, 0.1) is 18.6 Å². The van der Waals surface area contributed by atoms with Gasteiger partial charge in [-0.2, -0.15) is 0 Å². The quantitative estimate of drug-likeness (QED) is 0.769. The Kier molecular flexibility index (Phi) is 3.29. The van der Waals surface area contributed by atoms with Gasteiger partial charge in [-0.1, -0.05) is 0 Å². The molecule has 80 valence electrons. The van der Waals surface area contributed by atoms with Crippen LogP contribution < -0.4 is 0 Å². The molecular formula is C10H19N3O. The minimum absolute atomic E-state index is 0.154. The summed E-state index contributed by atoms with van der Waals surface area (Å²) in [6.45, 7) is 4.98. The number of likely N-dealkylation sites (N-methyl/N-ethyl adjacent to an activating group) is 1. The highest BCUT2D eigenvalue weighted by Gasteiger charge is 2.22. The molecule has 1 rings (SSSR count). The fraction of sp³-hybridized carbons (Fsp3) is 0.700. The highest BCUT2D eigenvalue weighted by molar-refractivity contribution is 4.98. The van der Waals surface area contributed by atoms with Gasteiger partial charge in [-0.25, -0.2) is 4.98 Å². The number of rotatable bonds is 4. The predicted molar refractivity (Wildman–Crippen MR) is 55.8 cm³/mol. The molecule has 4 nitrogen and oxygen atoms in total. The summed E-state index contributed by atoms with van der Waals surface area (Å²) in [7, 11) is 3.98. The normalized spacial score (nSPS) is 12.4. The molecule has 0 bridgehead atoms. The summed E-state index contributed by atoms with van der Waals surface area (Å²) in [6, 6.07) is 0. The maximum absolute atomic E-state index is 9.20. The van der Waals surface area contributed by atoms with E-state index in [2.05, 4.69) is 9.88 Å². The van der Waals surface area contributed by atoms with Gasteiger partial charge in [-0.15, -0.1) is 0 Å². The minimum atomic E-state index is -0.190. The molecule has 1 aromatic heterocycles. The summed E-state index contributed by atoms with van der Waals surface area (Å²) in [5.74, 6) is 0. The molecule has 0 atom stereocenters. The van der Waals surface area contributed by atoms with Crippen LogP contribution in [-0.2, 0) is 13.6 Å². The lowest BCUT2D eigenvalue weighted by Crippen LogP contribution is -2.43. The van der Waals surface area contributed by atoms with Gasteiger partial charge in [0.2, 0.25) is 0 Å². The number of aliphatic hydroxyl groups excluding tert-OH is 1. The Morgan fingerprint density at radius 1 is 1.57 bits per heavy atom. The molecule has 4 heteroatoms. The summed E-state index contributed by atoms with van der Waals surface area (Å²) >= 11 is 0. The predicted octanol–water partition coefficient (Wildman–Crippen LogP) is 0.623. The van der Waals surface area contributed by atoms with Crippen LogP contribution in [0.1, 0.15) is 19.5 Å². The van der Waals surface area contributed by atoms with Crippen molar-refractivity contribution in [3.8, 4) is 0 Å². The van der Waals surface area contributed by atoms with Gasteiger partial charge in [0, 0.05) is 25.3 Å². The van der Waals surface area contributed by atoms with Crippen molar-refractivity contribution in [2.24, 2.45) is 7.05 Å². The average molecular weight is 197 g/mol. The highest BCUT2D eigenvalue weighted by atomic mass is 16.3. The molecule has 14 heavy (non-hydrogen) atoms. The Labute approximate surface area is 85.2 Å². The zero-order valence-corrected chi connectivity index (χ0v) is 9.36. The summed E-state index contributed by atoms with van der Waals surface area (Å²) in [5, 5.41) is 9.20. The first-order valence-corrected chi connectivity index (χ1v) is 4.74. The minimum Gasteiger partial charge on any atom is -0.394 e. The van der Waals surface area contributed by atoms with Crippen LogP contribution >= 0.6 is 0 Å². The van der Waals surface area contributed by atoms with Gasteiger partial charge in [0.25, 0.3) is 0 Å². The van der Waals surface area contributed by atoms with E-state index in [0.717, 1.165) is 12.2 Å². The molecule has 0 saturated heterocycles. The van der Waals surface area contributed by atoms with Gasteiger partial charge >= 0.3 is 0 Å². The molecule has 0 aliphatic rings. The number of imidazole rings is 1. The first-order valence-electron chi connectivity index (χ1n) is 4.74. The van der Waals surface area contributed by atoms with Crippen LogP contribution in [0.3, 0.4) is 0 Å². The van der Waals surface area contributed by atoms with Crippen molar-refractivity contribution in [1.82, 2.24) is 14.5 Å². The molecule has 1 N–H and O–H groups in total. The first kappa shape index (κ1) is 11.2. The second-order valence-electron chi connectivity index (χ2n) is 4.32. The fourth-order valence-corrected chi connectivity index (χ4v) is 1.11. The van der Waals surface area contributed by atoms with Gasteiger partial charge in [0.1, 0.15) is 0 Å². The Bertz CT molecular complexity index is 293. The Morgan fingerprint density at radius 2 is 2.21 bits per heavy atom. The molecule has 0 aliphatic heterocycles. The van der Waals surface area contributed by atoms with Crippen molar-refractivity contribution >= 4 is 0 Å². The smallest absolute Gasteiger partial charge is 0.0945 e. The van der Waals surface area contributed by atoms with Crippen LogP contribution in [-0.4, -0.2) is 38.8 Å². The number of aryl methyl sites for hydroxylation is 1. The van der Waals surface area contributed by atoms with E-state index in [-0.39, 0.29) is 12.1 Å². The largest absolute Gasteiger partial charge is 0.394 e. The topological polar surface area (TPSA) is 41.3 Å². The Hall–Kier alpha value is -0.870. The van der Waals surface area contributed by atoms with Crippen molar-refractivity contribution < 1.29 is 5.11 Å². The van der Waals surface area contributed by atoms with Crippen LogP contribution in [0.5, 0.6) is 0 Å². The number of hydrogen-bond donors (Lipinski definition) is 1. The summed E-state index contributed by atoms with van der Waals surface area (Å²) in [4.78, 5) is 6.17. The zero-order chi connectivity index (χ0) is 10.8. The average Bonchev–Trinajstić information content (AvgIpc) is 2.52. The summed E-state index contributed by atoms with van der Waals surface area (Å²) < 4.78 is 1.99. The van der Waals surface area contributed by atoms with Crippen molar-refractivity contribution in [3.63, 3.8) is 0 Å². The van der Waals surface area contributed by atoms with E-state index in [1.54, 1.807) is 6.33 Å². The maximum Gasteiger partial charge on any atom is 0.0945 e. The van der Waals surface area contributed by atoms with Crippen molar-refractivity contribution in [1.29, 1.82) is 0 Å². The number of aliphatic hydroxyl groups is 1. The van der Waals surface area contributed by atoms with Crippen LogP contribution in [0, 0.1) is 0 Å². The second kappa shape index (κ2) is 4.11. The van der Waals surface area contributed by atoms with E-state index in [9.17, 15) is 5.11 Å². The van der Waals surface area contributed by atoms with Crippen molar-refractivity contribution in [2.75, 3.05) is 13.7 Å². The van der Waals surface area contributed by atoms with Crippen LogP contribution in [0.4, 0.5) is 0 Å². The first-order chi connectivity index (χ1) is 6.47. The van der Waals surface area contributed by atoms with Crippen molar-refractivity contribution in [3.05, 3.63) is 18.2 Å². The standard InChI is InChI=1S/C10H19N3O/c1-10(2,7-14)13(4)6-9-5-11-8-12(9)3/h5,8,14H,6-7H2,1-4H3. The maximum atomic E-state index is 9.20. The Morgan fingerprint density at radius 3 is 2.64 bits per heavy atom. The summed E-state index contributed by atoms with van der Waals surface area (Å²) in [6.07, 6.45) is 3.64. The lowest BCUT2D eigenvalue weighted by atomic mass is 10.1. The molecule has 0 amide bonds. The van der Waals surface area contributed by atoms with Crippen LogP contribution in [0.2, 0.25) is 0 Å². The number of hydrogen-bond acceptors (Lipinski definition) is 3. The molecule has 0 aromatic carbocycles. The third-order valence-corrected chi connectivity index (χ3v) is 2.74. The number of nitrogens with zero attached hydrogens (tertiary/aromatic N) is 3. The number of aromatic nitrogens is 2. The molecule has 0 aliphatic carbocycles. The molecule has 1 heterocycles. The lowest BCUT2D eigenvalue weighted by Gasteiger charge is -2.33. The molecular weight excluding hydrogens is 178 g/mol. The van der Waals surface area contributed by atoms with Gasteiger partial charge in [-0.05, 0) is 20.9 Å². The van der Waals surface area contributed by atoms with Crippen LogP contribution in [0.15, 0.2) is 12.5 Å². The van der Waals surface area contributed by atoms with E-state index >= 15 is 0 Å². The van der Waals surface area contributed by atoms with Crippen molar-refractivity contribution in [2.45, 2.75) is 25.9 Å². The molecule has 1 aromatic rings. The van der Waals surface area contributed by atoms with E-state index < -0.39 is 0 Å². The van der Waals surface area contributed by atoms with Crippen LogP contribution in [0.25, 0.3) is 0 Å². The Balaban J connectivity index is 2.66. The van der Waals surface area contributed by atoms with Gasteiger partial charge < -0.3 is 9.67 Å². The summed E-state index contributed by atoms with van der Waals surface area (Å²) in [5.41, 5.74) is 0.957. The lowest BCUT2D eigenvalue weighted by molar-refractivity contribution is 0.0718. The second-order valence-corrected chi connectivity index (χ2v) is 4.32. The monoisotopic (exact) mass is 197 g/mol. The third-order valence-electron chi connectivity index (χ3n) is 2.74. The van der Waals surface area contributed by atoms with E-state index in [1.807, 2.05) is 38.7 Å². The SMILES string of the molecule is CN(Cc1cncn1C)C(C)(C)CO. The molecule has 0 radical (unpaired) electrons. The molecule has 0 saturated carbocycles. The zero-order valence-electron chi connectivity index (χ0n) is 9.36. The van der Waals surface area contributed by atoms with Gasteiger partial charge in [-0.3, -0.25) is 4.90 Å². The third kappa shape index (κ3) is 2.33. The van der Waals surface area contributed by atoms with E-state index in [1.165, 1.54) is 0 Å². The molecule has 0 unspecified atom stereocenters. The van der Waals surface area contributed by atoms with E-state index in [4.69, 9.17) is 0 Å². The highest BCUT2D eigenvalue weighted by Crippen LogP contribution is 2.14. The van der Waals surface area contributed by atoms with Gasteiger partial charge in [0.15, 0.2) is 0 Å². The fourth-order valence-electron chi connectivity index (χ4n) is 1.11. The molecule has 0 spiro atoms.